The quantitative estimate of drug-likeness (QED) is 0.366. The molecule has 0 aliphatic rings. The summed E-state index contributed by atoms with van der Waals surface area (Å²) < 4.78 is 16.6. The first-order valence-electron chi connectivity index (χ1n) is 11.3. The van der Waals surface area contributed by atoms with E-state index in [9.17, 15) is 9.59 Å². The van der Waals surface area contributed by atoms with E-state index < -0.39 is 17.7 Å². The summed E-state index contributed by atoms with van der Waals surface area (Å²) in [5, 5.41) is 5.60. The van der Waals surface area contributed by atoms with Crippen molar-refractivity contribution >= 4 is 29.4 Å². The Bertz CT molecular complexity index is 1130. The molecule has 0 unspecified atom stereocenters. The van der Waals surface area contributed by atoms with Gasteiger partial charge in [-0.05, 0) is 87.7 Å². The molecule has 0 saturated carbocycles. The molecule has 3 rings (SSSR count). The molecule has 2 amide bonds. The molecule has 1 aromatic heterocycles. The second-order valence-corrected chi connectivity index (χ2v) is 9.93. The maximum atomic E-state index is 13.0. The lowest BCUT2D eigenvalue weighted by Crippen LogP contribution is -2.46. The SMILES string of the molecule is COc1ccc(-c2ccc(-c3cccc(NC(=O)[C@H](CCSC)NC(=O)OC(C)(C)C)c3)o2)cc1. The Kier molecular flexibility index (Phi) is 8.87. The first kappa shape index (κ1) is 26.2. The Hall–Kier alpha value is -3.39. The standard InChI is InChI=1S/C27H32N2O5S/c1-27(2,3)34-26(31)29-22(15-16-35-5)25(30)28-20-8-6-7-19(17-20)24-14-13-23(33-24)18-9-11-21(32-4)12-10-18/h6-14,17,22H,15-16H2,1-5H3,(H,28,30)(H,29,31)/t22-/m0/s1. The summed E-state index contributed by atoms with van der Waals surface area (Å²) in [4.78, 5) is 25.2. The zero-order valence-electron chi connectivity index (χ0n) is 20.7. The average molecular weight is 497 g/mol. The molecule has 35 heavy (non-hydrogen) atoms. The minimum atomic E-state index is -0.716. The number of hydrogen-bond donors (Lipinski definition) is 2. The van der Waals surface area contributed by atoms with Gasteiger partial charge in [-0.2, -0.15) is 11.8 Å². The van der Waals surface area contributed by atoms with Crippen LogP contribution < -0.4 is 15.4 Å². The highest BCUT2D eigenvalue weighted by Crippen LogP contribution is 2.30. The van der Waals surface area contributed by atoms with Gasteiger partial charge in [0.05, 0.1) is 7.11 Å². The second kappa shape index (κ2) is 11.8. The van der Waals surface area contributed by atoms with Gasteiger partial charge in [-0.3, -0.25) is 4.79 Å². The molecule has 1 heterocycles. The molecule has 7 nitrogen and oxygen atoms in total. The van der Waals surface area contributed by atoms with Crippen molar-refractivity contribution in [3.63, 3.8) is 0 Å². The second-order valence-electron chi connectivity index (χ2n) is 8.94. The van der Waals surface area contributed by atoms with E-state index in [0.29, 0.717) is 23.6 Å². The summed E-state index contributed by atoms with van der Waals surface area (Å²) in [6.45, 7) is 5.34. The molecule has 2 N–H and O–H groups in total. The number of carbonyl (C=O) groups is 2. The number of carbonyl (C=O) groups excluding carboxylic acids is 2. The van der Waals surface area contributed by atoms with Crippen molar-refractivity contribution in [2.24, 2.45) is 0 Å². The summed E-state index contributed by atoms with van der Waals surface area (Å²) in [5.74, 6) is 2.60. The van der Waals surface area contributed by atoms with E-state index in [1.165, 1.54) is 0 Å². The Morgan fingerprint density at radius 2 is 1.69 bits per heavy atom. The number of benzene rings is 2. The van der Waals surface area contributed by atoms with E-state index in [4.69, 9.17) is 13.9 Å². The highest BCUT2D eigenvalue weighted by atomic mass is 32.2. The van der Waals surface area contributed by atoms with E-state index in [2.05, 4.69) is 10.6 Å². The van der Waals surface area contributed by atoms with E-state index in [0.717, 1.165) is 22.6 Å². The van der Waals surface area contributed by atoms with Crippen molar-refractivity contribution in [2.75, 3.05) is 24.4 Å². The van der Waals surface area contributed by atoms with Crippen LogP contribution in [-0.2, 0) is 9.53 Å². The highest BCUT2D eigenvalue weighted by molar-refractivity contribution is 7.98. The van der Waals surface area contributed by atoms with Gasteiger partial charge in [-0.15, -0.1) is 0 Å². The van der Waals surface area contributed by atoms with Gasteiger partial charge in [0.1, 0.15) is 28.9 Å². The van der Waals surface area contributed by atoms with E-state index in [-0.39, 0.29) is 5.91 Å². The van der Waals surface area contributed by atoms with Crippen LogP contribution in [0.5, 0.6) is 5.75 Å². The van der Waals surface area contributed by atoms with Crippen LogP contribution in [0.3, 0.4) is 0 Å². The summed E-state index contributed by atoms with van der Waals surface area (Å²) in [6, 6.07) is 18.1. The topological polar surface area (TPSA) is 89.8 Å². The predicted molar refractivity (Wildman–Crippen MR) is 141 cm³/mol. The van der Waals surface area contributed by atoms with Gasteiger partial charge in [0, 0.05) is 16.8 Å². The number of ether oxygens (including phenoxy) is 2. The van der Waals surface area contributed by atoms with Gasteiger partial charge >= 0.3 is 6.09 Å². The van der Waals surface area contributed by atoms with Crippen molar-refractivity contribution in [1.29, 1.82) is 0 Å². The van der Waals surface area contributed by atoms with Gasteiger partial charge in [-0.1, -0.05) is 12.1 Å². The van der Waals surface area contributed by atoms with E-state index >= 15 is 0 Å². The Balaban J connectivity index is 1.72. The molecule has 186 valence electrons. The molecular weight excluding hydrogens is 464 g/mol. The smallest absolute Gasteiger partial charge is 0.408 e. The maximum absolute atomic E-state index is 13.0. The first-order valence-corrected chi connectivity index (χ1v) is 12.7. The average Bonchev–Trinajstić information content (AvgIpc) is 3.31. The minimum Gasteiger partial charge on any atom is -0.497 e. The number of anilines is 1. The molecule has 2 aromatic carbocycles. The fraction of sp³-hybridized carbons (Fsp3) is 0.333. The van der Waals surface area contributed by atoms with Gasteiger partial charge < -0.3 is 24.5 Å². The zero-order valence-corrected chi connectivity index (χ0v) is 21.5. The van der Waals surface area contributed by atoms with Gasteiger partial charge in [0.2, 0.25) is 5.91 Å². The lowest BCUT2D eigenvalue weighted by molar-refractivity contribution is -0.118. The number of hydrogen-bond acceptors (Lipinski definition) is 6. The fourth-order valence-corrected chi connectivity index (χ4v) is 3.81. The number of methoxy groups -OCH3 is 1. The first-order chi connectivity index (χ1) is 16.7. The number of rotatable bonds is 9. The van der Waals surface area contributed by atoms with Crippen LogP contribution in [0.25, 0.3) is 22.6 Å². The number of thioether (sulfide) groups is 1. The van der Waals surface area contributed by atoms with Crippen LogP contribution in [0, 0.1) is 0 Å². The molecule has 0 spiro atoms. The maximum Gasteiger partial charge on any atom is 0.408 e. The predicted octanol–water partition coefficient (Wildman–Crippen LogP) is 6.21. The molecule has 0 bridgehead atoms. The molecule has 3 aromatic rings. The third-order valence-corrected chi connectivity index (χ3v) is 5.66. The lowest BCUT2D eigenvalue weighted by Gasteiger charge is -2.23. The van der Waals surface area contributed by atoms with Crippen LogP contribution in [0.1, 0.15) is 27.2 Å². The van der Waals surface area contributed by atoms with Crippen molar-refractivity contribution in [1.82, 2.24) is 5.32 Å². The van der Waals surface area contributed by atoms with Crippen LogP contribution in [0.2, 0.25) is 0 Å². The Morgan fingerprint density at radius 3 is 2.31 bits per heavy atom. The van der Waals surface area contributed by atoms with Crippen LogP contribution in [0.4, 0.5) is 10.5 Å². The molecule has 0 radical (unpaired) electrons. The van der Waals surface area contributed by atoms with E-state index in [1.807, 2.05) is 60.9 Å². The van der Waals surface area contributed by atoms with Crippen LogP contribution >= 0.6 is 11.8 Å². The number of nitrogens with one attached hydrogen (secondary N) is 2. The van der Waals surface area contributed by atoms with Crippen LogP contribution in [0.15, 0.2) is 65.1 Å². The Labute approximate surface area is 210 Å². The van der Waals surface area contributed by atoms with E-state index in [1.54, 1.807) is 45.7 Å². The third-order valence-electron chi connectivity index (χ3n) is 5.01. The minimum absolute atomic E-state index is 0.305. The monoisotopic (exact) mass is 496 g/mol. The van der Waals surface area contributed by atoms with Crippen molar-refractivity contribution in [3.05, 3.63) is 60.7 Å². The summed E-state index contributed by atoms with van der Waals surface area (Å²) >= 11 is 1.60. The Morgan fingerprint density at radius 1 is 1.00 bits per heavy atom. The number of amides is 2. The third kappa shape index (κ3) is 7.82. The summed E-state index contributed by atoms with van der Waals surface area (Å²) in [7, 11) is 1.63. The van der Waals surface area contributed by atoms with Gasteiger partial charge in [0.15, 0.2) is 0 Å². The van der Waals surface area contributed by atoms with Crippen LogP contribution in [-0.4, -0.2) is 42.8 Å². The highest BCUT2D eigenvalue weighted by Gasteiger charge is 2.24. The molecular formula is C27H32N2O5S. The largest absolute Gasteiger partial charge is 0.497 e. The van der Waals surface area contributed by atoms with Crippen molar-refractivity contribution in [3.8, 4) is 28.4 Å². The molecule has 1 atom stereocenters. The zero-order chi connectivity index (χ0) is 25.4. The number of furan rings is 1. The summed E-state index contributed by atoms with van der Waals surface area (Å²) in [6.07, 6.45) is 1.82. The van der Waals surface area contributed by atoms with Crippen molar-refractivity contribution in [2.45, 2.75) is 38.8 Å². The number of alkyl carbamates (subject to hydrolysis) is 1. The molecule has 0 fully saturated rings. The van der Waals surface area contributed by atoms with Crippen molar-refractivity contribution < 1.29 is 23.5 Å². The lowest BCUT2D eigenvalue weighted by atomic mass is 10.1. The normalized spacial score (nSPS) is 12.0. The molecule has 0 aliphatic carbocycles. The summed E-state index contributed by atoms with van der Waals surface area (Å²) in [5.41, 5.74) is 1.72. The molecule has 8 heteroatoms. The fourth-order valence-electron chi connectivity index (χ4n) is 3.34. The molecule has 0 aliphatic heterocycles. The molecule has 0 saturated heterocycles. The van der Waals surface area contributed by atoms with Gasteiger partial charge in [0.25, 0.3) is 0 Å². The van der Waals surface area contributed by atoms with Gasteiger partial charge in [-0.25, -0.2) is 4.79 Å².